The molecule has 0 unspecified atom stereocenters. The molecule has 1 aliphatic heterocycles. The summed E-state index contributed by atoms with van der Waals surface area (Å²) in [5.74, 6) is 0.457. The summed E-state index contributed by atoms with van der Waals surface area (Å²) in [4.78, 5) is 33.7. The number of aromatic amines is 1. The van der Waals surface area contributed by atoms with Crippen LogP contribution in [0.15, 0.2) is 58.3 Å². The zero-order valence-electron chi connectivity index (χ0n) is 19.5. The molecule has 11 heteroatoms. The molecule has 3 aromatic rings. The summed E-state index contributed by atoms with van der Waals surface area (Å²) in [7, 11) is 0. The van der Waals surface area contributed by atoms with Gasteiger partial charge in [-0.05, 0) is 62.1 Å². The smallest absolute Gasteiger partial charge is 0.302 e. The van der Waals surface area contributed by atoms with Crippen LogP contribution in [0.25, 0.3) is 11.3 Å². The molecule has 0 amide bonds. The molecule has 36 heavy (non-hydrogen) atoms. The third-order valence-corrected chi connectivity index (χ3v) is 7.05. The van der Waals surface area contributed by atoms with Crippen molar-refractivity contribution < 1.29 is 13.2 Å². The lowest BCUT2D eigenvalue weighted by molar-refractivity contribution is -0.137. The first kappa shape index (κ1) is 28.0. The fraction of sp³-hybridized carbons (Fsp3) is 0.400. The van der Waals surface area contributed by atoms with Crippen molar-refractivity contribution in [3.63, 3.8) is 0 Å². The van der Waals surface area contributed by atoms with Gasteiger partial charge in [-0.1, -0.05) is 18.2 Å². The largest absolute Gasteiger partial charge is 0.416 e. The van der Waals surface area contributed by atoms with Crippen LogP contribution in [-0.4, -0.2) is 39.1 Å². The Balaban J connectivity index is 0.00000180. The van der Waals surface area contributed by atoms with E-state index in [2.05, 4.69) is 14.9 Å². The number of fused-ring (bicyclic) bond motifs is 1. The third kappa shape index (κ3) is 5.38. The van der Waals surface area contributed by atoms with Gasteiger partial charge in [0.1, 0.15) is 0 Å². The average molecular weight is 543 g/mol. The number of hydrogen-bond donors (Lipinski definition) is 1. The molecule has 3 heterocycles. The number of piperidine rings is 1. The molecule has 1 saturated heterocycles. The van der Waals surface area contributed by atoms with Gasteiger partial charge in [-0.3, -0.25) is 19.3 Å². The van der Waals surface area contributed by atoms with Crippen molar-refractivity contribution in [2.24, 2.45) is 5.92 Å². The maximum Gasteiger partial charge on any atom is 0.416 e. The fourth-order valence-corrected chi connectivity index (χ4v) is 5.21. The molecule has 6 nitrogen and oxygen atoms in total. The Morgan fingerprint density at radius 3 is 2.47 bits per heavy atom. The van der Waals surface area contributed by atoms with Crippen LogP contribution in [-0.2, 0) is 18.1 Å². The van der Waals surface area contributed by atoms with E-state index in [1.807, 2.05) is 19.1 Å². The second-order valence-corrected chi connectivity index (χ2v) is 9.38. The van der Waals surface area contributed by atoms with Crippen LogP contribution in [0.4, 0.5) is 13.2 Å². The molecule has 0 radical (unpaired) electrons. The summed E-state index contributed by atoms with van der Waals surface area (Å²) in [6.45, 7) is 4.76. The van der Waals surface area contributed by atoms with Crippen molar-refractivity contribution >= 4 is 24.8 Å². The Morgan fingerprint density at radius 1 is 1.08 bits per heavy atom. The first-order chi connectivity index (χ1) is 16.2. The van der Waals surface area contributed by atoms with Gasteiger partial charge < -0.3 is 4.90 Å². The number of benzene rings is 1. The summed E-state index contributed by atoms with van der Waals surface area (Å²) < 4.78 is 40.1. The fourth-order valence-electron chi connectivity index (χ4n) is 5.21. The SMILES string of the molecule is Cc1cccc(-c2cn(CCCN3C[C@@H]4C[C@]4(c4ccc(C(F)(F)F)cc4)C3)c(=O)[nH]c2=O)n1.Cl.Cl. The Hall–Kier alpha value is -2.62. The van der Waals surface area contributed by atoms with Gasteiger partial charge >= 0.3 is 11.9 Å². The quantitative estimate of drug-likeness (QED) is 0.500. The molecule has 1 N–H and O–H groups in total. The van der Waals surface area contributed by atoms with Gasteiger partial charge in [-0.2, -0.15) is 13.2 Å². The molecule has 2 aliphatic rings. The monoisotopic (exact) mass is 542 g/mol. The van der Waals surface area contributed by atoms with E-state index in [1.54, 1.807) is 24.4 Å². The van der Waals surface area contributed by atoms with E-state index >= 15 is 0 Å². The topological polar surface area (TPSA) is 71.0 Å². The molecule has 2 aromatic heterocycles. The van der Waals surface area contributed by atoms with E-state index in [-0.39, 0.29) is 30.2 Å². The average Bonchev–Trinajstić information content (AvgIpc) is 3.36. The molecule has 5 rings (SSSR count). The highest BCUT2D eigenvalue weighted by atomic mass is 35.5. The first-order valence-electron chi connectivity index (χ1n) is 11.3. The molecule has 1 aromatic carbocycles. The minimum absolute atomic E-state index is 0. The number of aromatic nitrogens is 3. The standard InChI is InChI=1S/C25H25F3N4O2.2ClH/c1-16-4-2-5-21(29-16)20-14-32(23(34)30-22(20)33)11-3-10-31-13-19-12-24(19,15-31)17-6-8-18(9-7-17)25(26,27)28;;/h2,4-9,14,19H,3,10-13,15H2,1H3,(H,30,33,34);2*1H/t19-,24+;;/m0../s1. The number of halogens is 5. The highest BCUT2D eigenvalue weighted by Crippen LogP contribution is 2.59. The molecule has 194 valence electrons. The van der Waals surface area contributed by atoms with Gasteiger partial charge in [0.05, 0.1) is 16.8 Å². The van der Waals surface area contributed by atoms with Crippen LogP contribution in [0.3, 0.4) is 0 Å². The number of hydrogen-bond acceptors (Lipinski definition) is 4. The molecule has 2 atom stereocenters. The van der Waals surface area contributed by atoms with E-state index in [0.717, 1.165) is 37.3 Å². The van der Waals surface area contributed by atoms with Gasteiger partial charge in [-0.15, -0.1) is 24.8 Å². The maximum absolute atomic E-state index is 12.9. The second-order valence-electron chi connectivity index (χ2n) is 9.38. The molecule has 1 aliphatic carbocycles. The molecular weight excluding hydrogens is 516 g/mol. The third-order valence-electron chi connectivity index (χ3n) is 7.05. The lowest BCUT2D eigenvalue weighted by Gasteiger charge is -2.21. The predicted molar refractivity (Wildman–Crippen MR) is 136 cm³/mol. The lowest BCUT2D eigenvalue weighted by Crippen LogP contribution is -2.32. The predicted octanol–water partition coefficient (Wildman–Crippen LogP) is 4.43. The number of likely N-dealkylation sites (tertiary alicyclic amines) is 1. The van der Waals surface area contributed by atoms with Crippen LogP contribution in [0.1, 0.15) is 29.7 Å². The minimum atomic E-state index is -4.32. The van der Waals surface area contributed by atoms with Crippen molar-refractivity contribution in [3.8, 4) is 11.3 Å². The molecule has 1 saturated carbocycles. The highest BCUT2D eigenvalue weighted by Gasteiger charge is 2.60. The molecule has 0 bridgehead atoms. The van der Waals surface area contributed by atoms with Gasteiger partial charge in [0.25, 0.3) is 5.56 Å². The van der Waals surface area contributed by atoms with Gasteiger partial charge in [-0.25, -0.2) is 4.79 Å². The Bertz CT molecular complexity index is 1340. The number of alkyl halides is 3. The molecular formula is C25H27Cl2F3N4O2. The van der Waals surface area contributed by atoms with Crippen LogP contribution in [0.5, 0.6) is 0 Å². The summed E-state index contributed by atoms with van der Waals surface area (Å²) in [6.07, 6.45) is -1.05. The Labute approximate surface area is 218 Å². The summed E-state index contributed by atoms with van der Waals surface area (Å²) in [6, 6.07) is 11.0. The zero-order chi connectivity index (χ0) is 24.1. The number of aryl methyl sites for hydroxylation is 2. The molecule has 2 fully saturated rings. The van der Waals surface area contributed by atoms with Crippen LogP contribution < -0.4 is 11.2 Å². The minimum Gasteiger partial charge on any atom is -0.302 e. The van der Waals surface area contributed by atoms with E-state index < -0.39 is 23.0 Å². The number of rotatable bonds is 6. The van der Waals surface area contributed by atoms with Crippen molar-refractivity contribution in [2.75, 3.05) is 19.6 Å². The Morgan fingerprint density at radius 2 is 1.81 bits per heavy atom. The second kappa shape index (κ2) is 10.4. The van der Waals surface area contributed by atoms with Gasteiger partial charge in [0.15, 0.2) is 0 Å². The maximum atomic E-state index is 12.9. The van der Waals surface area contributed by atoms with Gasteiger partial charge in [0.2, 0.25) is 0 Å². The van der Waals surface area contributed by atoms with Gasteiger partial charge in [0, 0.05) is 36.9 Å². The van der Waals surface area contributed by atoms with Crippen LogP contribution in [0.2, 0.25) is 0 Å². The normalized spacial score (nSPS) is 20.8. The van der Waals surface area contributed by atoms with Crippen molar-refractivity contribution in [2.45, 2.75) is 37.9 Å². The summed E-state index contributed by atoms with van der Waals surface area (Å²) in [5, 5.41) is 0. The summed E-state index contributed by atoms with van der Waals surface area (Å²) in [5.41, 5.74) is 1.04. The number of nitrogens with one attached hydrogen (secondary N) is 1. The van der Waals surface area contributed by atoms with Crippen molar-refractivity contribution in [3.05, 3.63) is 86.3 Å². The number of pyridine rings is 1. The lowest BCUT2D eigenvalue weighted by atomic mass is 9.94. The van der Waals surface area contributed by atoms with E-state index in [0.29, 0.717) is 30.1 Å². The Kier molecular flexibility index (Phi) is 8.07. The zero-order valence-corrected chi connectivity index (χ0v) is 21.2. The van der Waals surface area contributed by atoms with Crippen molar-refractivity contribution in [1.29, 1.82) is 0 Å². The van der Waals surface area contributed by atoms with Crippen LogP contribution >= 0.6 is 24.8 Å². The van der Waals surface area contributed by atoms with E-state index in [4.69, 9.17) is 0 Å². The summed E-state index contributed by atoms with van der Waals surface area (Å²) >= 11 is 0. The van der Waals surface area contributed by atoms with E-state index in [9.17, 15) is 22.8 Å². The molecule has 0 spiro atoms. The number of H-pyrrole nitrogens is 1. The highest BCUT2D eigenvalue weighted by molar-refractivity contribution is 5.85. The number of nitrogens with zero attached hydrogens (tertiary/aromatic N) is 3. The van der Waals surface area contributed by atoms with Crippen molar-refractivity contribution in [1.82, 2.24) is 19.4 Å². The van der Waals surface area contributed by atoms with Crippen LogP contribution in [0, 0.1) is 12.8 Å². The van der Waals surface area contributed by atoms with E-state index in [1.165, 1.54) is 16.7 Å². The first-order valence-corrected chi connectivity index (χ1v) is 11.3.